The molecule has 1 aliphatic rings. The van der Waals surface area contributed by atoms with E-state index in [1.54, 1.807) is 19.1 Å². The number of hydrogen-bond acceptors (Lipinski definition) is 3. The summed E-state index contributed by atoms with van der Waals surface area (Å²) in [5, 5.41) is 0. The maximum Gasteiger partial charge on any atom is 0.185 e. The molecular formula is C15H20O3S. The minimum Gasteiger partial charge on any atom is -0.298 e. The average Bonchev–Trinajstić information content (AvgIpc) is 2.80. The molecule has 1 aromatic carbocycles. The van der Waals surface area contributed by atoms with Gasteiger partial charge in [-0.3, -0.25) is 4.79 Å². The maximum atomic E-state index is 12.3. The molecule has 0 amide bonds. The summed E-state index contributed by atoms with van der Waals surface area (Å²) in [6, 6.07) is 5.23. The van der Waals surface area contributed by atoms with E-state index in [4.69, 9.17) is 0 Å². The highest BCUT2D eigenvalue weighted by atomic mass is 32.2. The van der Waals surface area contributed by atoms with Crippen molar-refractivity contribution in [1.82, 2.24) is 0 Å². The van der Waals surface area contributed by atoms with Crippen LogP contribution in [0.25, 0.3) is 0 Å². The molecule has 104 valence electrons. The fraction of sp³-hybridized carbons (Fsp3) is 0.533. The van der Waals surface area contributed by atoms with Crippen molar-refractivity contribution < 1.29 is 13.2 Å². The zero-order valence-corrected chi connectivity index (χ0v) is 12.3. The molecule has 4 heteroatoms. The topological polar surface area (TPSA) is 51.2 Å². The van der Waals surface area contributed by atoms with Crippen LogP contribution in [0.2, 0.25) is 0 Å². The molecule has 1 aromatic rings. The first-order valence-electron chi connectivity index (χ1n) is 6.73. The average molecular weight is 280 g/mol. The molecule has 3 nitrogen and oxygen atoms in total. The molecule has 0 N–H and O–H groups in total. The van der Waals surface area contributed by atoms with E-state index in [1.807, 2.05) is 13.0 Å². The van der Waals surface area contributed by atoms with Crippen molar-refractivity contribution in [2.24, 2.45) is 5.92 Å². The number of aryl methyl sites for hydroxylation is 2. The Hall–Kier alpha value is -1.16. The fourth-order valence-electron chi connectivity index (χ4n) is 2.78. The maximum absolute atomic E-state index is 12.3. The lowest BCUT2D eigenvalue weighted by atomic mass is 10.0. The van der Waals surface area contributed by atoms with Gasteiger partial charge in [0.25, 0.3) is 0 Å². The van der Waals surface area contributed by atoms with Crippen LogP contribution in [0.3, 0.4) is 0 Å². The van der Waals surface area contributed by atoms with Gasteiger partial charge in [0.15, 0.2) is 15.6 Å². The molecule has 0 spiro atoms. The number of ketones is 1. The van der Waals surface area contributed by atoms with Crippen molar-refractivity contribution in [2.75, 3.05) is 5.75 Å². The van der Waals surface area contributed by atoms with Gasteiger partial charge in [0.1, 0.15) is 5.75 Å². The van der Waals surface area contributed by atoms with E-state index in [0.717, 1.165) is 36.8 Å². The van der Waals surface area contributed by atoms with E-state index in [0.29, 0.717) is 4.90 Å². The first kappa shape index (κ1) is 14.3. The second kappa shape index (κ2) is 5.45. The standard InChI is InChI=1S/C15H20O3S/c1-11-7-8-15(12(2)9-11)19(17,18)10-14(16)13-5-3-4-6-13/h7-9,13H,3-6,10H2,1-2H3. The van der Waals surface area contributed by atoms with Crippen molar-refractivity contribution in [3.05, 3.63) is 29.3 Å². The van der Waals surface area contributed by atoms with Crippen molar-refractivity contribution in [3.63, 3.8) is 0 Å². The summed E-state index contributed by atoms with van der Waals surface area (Å²) in [4.78, 5) is 12.3. The van der Waals surface area contributed by atoms with Crippen LogP contribution in [0.4, 0.5) is 0 Å². The van der Waals surface area contributed by atoms with Gasteiger partial charge in [-0.15, -0.1) is 0 Å². The van der Waals surface area contributed by atoms with E-state index < -0.39 is 9.84 Å². The fourth-order valence-corrected chi connectivity index (χ4v) is 4.37. The molecule has 0 radical (unpaired) electrons. The van der Waals surface area contributed by atoms with Crippen molar-refractivity contribution >= 4 is 15.6 Å². The third-order valence-corrected chi connectivity index (χ3v) is 5.60. The van der Waals surface area contributed by atoms with E-state index in [2.05, 4.69) is 0 Å². The predicted molar refractivity (Wildman–Crippen MR) is 74.9 cm³/mol. The molecule has 1 aliphatic carbocycles. The SMILES string of the molecule is Cc1ccc(S(=O)(=O)CC(=O)C2CCCC2)c(C)c1. The molecule has 0 aliphatic heterocycles. The highest BCUT2D eigenvalue weighted by molar-refractivity contribution is 7.92. The second-order valence-electron chi connectivity index (χ2n) is 5.48. The van der Waals surface area contributed by atoms with Crippen LogP contribution in [-0.4, -0.2) is 20.0 Å². The Morgan fingerprint density at radius 2 is 1.84 bits per heavy atom. The third kappa shape index (κ3) is 3.24. The monoisotopic (exact) mass is 280 g/mol. The van der Waals surface area contributed by atoms with Gasteiger partial charge < -0.3 is 0 Å². The Balaban J connectivity index is 2.20. The van der Waals surface area contributed by atoms with Gasteiger partial charge in [0.2, 0.25) is 0 Å². The summed E-state index contributed by atoms with van der Waals surface area (Å²) < 4.78 is 24.6. The summed E-state index contributed by atoms with van der Waals surface area (Å²) in [5.41, 5.74) is 1.75. The van der Waals surface area contributed by atoms with E-state index in [9.17, 15) is 13.2 Å². The summed E-state index contributed by atoms with van der Waals surface area (Å²) in [6.07, 6.45) is 3.78. The van der Waals surface area contributed by atoms with E-state index in [1.165, 1.54) is 0 Å². The van der Waals surface area contributed by atoms with Gasteiger partial charge >= 0.3 is 0 Å². The minimum absolute atomic E-state index is 0.0412. The normalized spacial score (nSPS) is 16.7. The Morgan fingerprint density at radius 3 is 2.42 bits per heavy atom. The molecule has 19 heavy (non-hydrogen) atoms. The highest BCUT2D eigenvalue weighted by Gasteiger charge is 2.28. The summed E-state index contributed by atoms with van der Waals surface area (Å²) in [6.45, 7) is 3.70. The Bertz CT molecular complexity index is 581. The summed E-state index contributed by atoms with van der Waals surface area (Å²) >= 11 is 0. The molecule has 1 saturated carbocycles. The Kier molecular flexibility index (Phi) is 4.09. The first-order chi connectivity index (χ1) is 8.90. The van der Waals surface area contributed by atoms with Gasteiger partial charge in [-0.05, 0) is 38.3 Å². The smallest absolute Gasteiger partial charge is 0.185 e. The molecule has 0 saturated heterocycles. The number of Topliss-reactive ketones (excluding diaryl/α,β-unsaturated/α-hetero) is 1. The number of benzene rings is 1. The van der Waals surface area contributed by atoms with Gasteiger partial charge in [-0.25, -0.2) is 8.42 Å². The lowest BCUT2D eigenvalue weighted by molar-refractivity contribution is -0.120. The van der Waals surface area contributed by atoms with Crippen LogP contribution in [0.1, 0.15) is 36.8 Å². The van der Waals surface area contributed by atoms with Crippen LogP contribution in [0.15, 0.2) is 23.1 Å². The Labute approximate surface area is 114 Å². The van der Waals surface area contributed by atoms with Crippen molar-refractivity contribution in [2.45, 2.75) is 44.4 Å². The van der Waals surface area contributed by atoms with Crippen LogP contribution in [0.5, 0.6) is 0 Å². The molecular weight excluding hydrogens is 260 g/mol. The number of carbonyl (C=O) groups is 1. The van der Waals surface area contributed by atoms with Crippen LogP contribution in [0, 0.1) is 19.8 Å². The molecule has 1 fully saturated rings. The van der Waals surface area contributed by atoms with Gasteiger partial charge in [0.05, 0.1) is 4.90 Å². The molecule has 0 aromatic heterocycles. The van der Waals surface area contributed by atoms with Crippen LogP contribution >= 0.6 is 0 Å². The molecule has 0 unspecified atom stereocenters. The molecule has 0 atom stereocenters. The zero-order valence-electron chi connectivity index (χ0n) is 11.5. The predicted octanol–water partition coefficient (Wildman–Crippen LogP) is 2.84. The largest absolute Gasteiger partial charge is 0.298 e. The molecule has 0 heterocycles. The lowest BCUT2D eigenvalue weighted by Gasteiger charge is -2.11. The number of hydrogen-bond donors (Lipinski definition) is 0. The number of rotatable bonds is 4. The zero-order chi connectivity index (χ0) is 14.0. The number of carbonyl (C=O) groups excluding carboxylic acids is 1. The second-order valence-corrected chi connectivity index (χ2v) is 7.43. The third-order valence-electron chi connectivity index (χ3n) is 3.81. The van der Waals surface area contributed by atoms with E-state index >= 15 is 0 Å². The van der Waals surface area contributed by atoms with Crippen LogP contribution < -0.4 is 0 Å². The summed E-state index contributed by atoms with van der Waals surface area (Å²) in [7, 11) is -3.49. The first-order valence-corrected chi connectivity index (χ1v) is 8.38. The molecule has 2 rings (SSSR count). The summed E-state index contributed by atoms with van der Waals surface area (Å²) in [5.74, 6) is -0.500. The van der Waals surface area contributed by atoms with Gasteiger partial charge in [-0.1, -0.05) is 30.5 Å². The van der Waals surface area contributed by atoms with E-state index in [-0.39, 0.29) is 17.5 Å². The Morgan fingerprint density at radius 1 is 1.21 bits per heavy atom. The number of sulfone groups is 1. The quantitative estimate of drug-likeness (QED) is 0.852. The van der Waals surface area contributed by atoms with Gasteiger partial charge in [-0.2, -0.15) is 0 Å². The van der Waals surface area contributed by atoms with Crippen molar-refractivity contribution in [3.8, 4) is 0 Å². The van der Waals surface area contributed by atoms with Gasteiger partial charge in [0, 0.05) is 5.92 Å². The lowest BCUT2D eigenvalue weighted by Crippen LogP contribution is -2.22. The van der Waals surface area contributed by atoms with Crippen molar-refractivity contribution in [1.29, 1.82) is 0 Å². The highest BCUT2D eigenvalue weighted by Crippen LogP contribution is 2.27. The minimum atomic E-state index is -3.49. The van der Waals surface area contributed by atoms with Crippen LogP contribution in [-0.2, 0) is 14.6 Å². The molecule has 0 bridgehead atoms.